The second kappa shape index (κ2) is 7.54. The molecular formula is C19H25N3O5. The number of anilines is 1. The van der Waals surface area contributed by atoms with Crippen molar-refractivity contribution in [1.82, 2.24) is 9.80 Å². The van der Waals surface area contributed by atoms with E-state index in [0.717, 1.165) is 38.8 Å². The molecule has 1 N–H and O–H groups in total. The third-order valence-corrected chi connectivity index (χ3v) is 5.41. The van der Waals surface area contributed by atoms with E-state index < -0.39 is 0 Å². The molecule has 3 amide bonds. The summed E-state index contributed by atoms with van der Waals surface area (Å²) in [6.45, 7) is 2.94. The molecule has 0 aromatic heterocycles. The molecule has 3 aliphatic heterocycles. The minimum atomic E-state index is -0.230. The van der Waals surface area contributed by atoms with Crippen LogP contribution < -0.4 is 19.5 Å². The van der Waals surface area contributed by atoms with Gasteiger partial charge in [0.2, 0.25) is 12.7 Å². The third kappa shape index (κ3) is 3.61. The molecule has 1 aromatic rings. The van der Waals surface area contributed by atoms with Gasteiger partial charge in [-0.05, 0) is 25.7 Å². The predicted octanol–water partition coefficient (Wildman–Crippen LogP) is 2.29. The van der Waals surface area contributed by atoms with Crippen LogP contribution in [0.2, 0.25) is 0 Å². The Balaban J connectivity index is 1.43. The number of amides is 3. The summed E-state index contributed by atoms with van der Waals surface area (Å²) < 4.78 is 16.1. The van der Waals surface area contributed by atoms with Crippen LogP contribution in [0.25, 0.3) is 0 Å². The molecule has 1 aromatic carbocycles. The highest BCUT2D eigenvalue weighted by Gasteiger charge is 2.32. The predicted molar refractivity (Wildman–Crippen MR) is 98.2 cm³/mol. The summed E-state index contributed by atoms with van der Waals surface area (Å²) in [4.78, 5) is 29.1. The van der Waals surface area contributed by atoms with Crippen molar-refractivity contribution in [3.05, 3.63) is 12.1 Å². The van der Waals surface area contributed by atoms with Gasteiger partial charge in [0.25, 0.3) is 0 Å². The van der Waals surface area contributed by atoms with E-state index in [2.05, 4.69) is 5.32 Å². The molecule has 0 radical (unpaired) electrons. The Labute approximate surface area is 158 Å². The molecule has 0 aliphatic carbocycles. The maximum atomic E-state index is 12.8. The monoisotopic (exact) mass is 375 g/mol. The van der Waals surface area contributed by atoms with Gasteiger partial charge in [-0.15, -0.1) is 0 Å². The lowest BCUT2D eigenvalue weighted by molar-refractivity contribution is -0.135. The normalized spacial score (nSPS) is 21.3. The first kappa shape index (κ1) is 17.8. The quantitative estimate of drug-likeness (QED) is 0.877. The zero-order valence-corrected chi connectivity index (χ0v) is 15.5. The SMILES string of the molecule is COc1cc2c(cc1NC(=O)N1CCC[C@H](C(=O)N3CCCC3)C1)OCO2. The van der Waals surface area contributed by atoms with Crippen molar-refractivity contribution >= 4 is 17.6 Å². The second-order valence-electron chi connectivity index (χ2n) is 7.15. The Morgan fingerprint density at radius 3 is 2.52 bits per heavy atom. The molecule has 0 unspecified atom stereocenters. The molecule has 8 nitrogen and oxygen atoms in total. The fraction of sp³-hybridized carbons (Fsp3) is 0.579. The van der Waals surface area contributed by atoms with E-state index in [4.69, 9.17) is 14.2 Å². The molecule has 146 valence electrons. The zero-order chi connectivity index (χ0) is 18.8. The van der Waals surface area contributed by atoms with Crippen molar-refractivity contribution in [2.24, 2.45) is 5.92 Å². The van der Waals surface area contributed by atoms with Gasteiger partial charge < -0.3 is 29.3 Å². The van der Waals surface area contributed by atoms with Crippen LogP contribution in [-0.4, -0.2) is 61.8 Å². The Morgan fingerprint density at radius 2 is 1.78 bits per heavy atom. The van der Waals surface area contributed by atoms with Crippen molar-refractivity contribution in [3.63, 3.8) is 0 Å². The van der Waals surface area contributed by atoms with Gasteiger partial charge in [0, 0.05) is 38.3 Å². The summed E-state index contributed by atoms with van der Waals surface area (Å²) >= 11 is 0. The number of piperidine rings is 1. The molecule has 2 saturated heterocycles. The molecule has 0 bridgehead atoms. The smallest absolute Gasteiger partial charge is 0.321 e. The minimum absolute atomic E-state index is 0.110. The number of urea groups is 1. The van der Waals surface area contributed by atoms with E-state index in [0.29, 0.717) is 36.0 Å². The van der Waals surface area contributed by atoms with Crippen LogP contribution in [0.3, 0.4) is 0 Å². The van der Waals surface area contributed by atoms with Gasteiger partial charge in [0.1, 0.15) is 5.75 Å². The number of nitrogens with one attached hydrogen (secondary N) is 1. The summed E-state index contributed by atoms with van der Waals surface area (Å²) in [7, 11) is 1.54. The number of hydrogen-bond acceptors (Lipinski definition) is 5. The van der Waals surface area contributed by atoms with E-state index in [1.807, 2.05) is 4.90 Å². The van der Waals surface area contributed by atoms with Crippen molar-refractivity contribution in [1.29, 1.82) is 0 Å². The number of fused-ring (bicyclic) bond motifs is 1. The second-order valence-corrected chi connectivity index (χ2v) is 7.15. The molecular weight excluding hydrogens is 350 g/mol. The van der Waals surface area contributed by atoms with Gasteiger partial charge in [-0.2, -0.15) is 0 Å². The van der Waals surface area contributed by atoms with E-state index in [-0.39, 0.29) is 24.6 Å². The maximum absolute atomic E-state index is 12.8. The first-order valence-electron chi connectivity index (χ1n) is 9.48. The fourth-order valence-corrected chi connectivity index (χ4v) is 3.94. The van der Waals surface area contributed by atoms with Crippen LogP contribution in [0, 0.1) is 5.92 Å². The summed E-state index contributed by atoms with van der Waals surface area (Å²) in [6.07, 6.45) is 3.82. The first-order valence-corrected chi connectivity index (χ1v) is 9.48. The maximum Gasteiger partial charge on any atom is 0.321 e. The lowest BCUT2D eigenvalue weighted by Crippen LogP contribution is -2.47. The zero-order valence-electron chi connectivity index (χ0n) is 15.5. The summed E-state index contributed by atoms with van der Waals surface area (Å²) in [5, 5.41) is 2.89. The van der Waals surface area contributed by atoms with Crippen molar-refractivity contribution in [2.45, 2.75) is 25.7 Å². The number of carbonyl (C=O) groups excluding carboxylic acids is 2. The average Bonchev–Trinajstić information content (AvgIpc) is 3.38. The highest BCUT2D eigenvalue weighted by Crippen LogP contribution is 2.40. The van der Waals surface area contributed by atoms with Crippen LogP contribution in [0.4, 0.5) is 10.5 Å². The molecule has 0 saturated carbocycles. The molecule has 8 heteroatoms. The van der Waals surface area contributed by atoms with E-state index >= 15 is 0 Å². The Kier molecular flexibility index (Phi) is 4.96. The molecule has 3 heterocycles. The van der Waals surface area contributed by atoms with Crippen LogP contribution in [-0.2, 0) is 4.79 Å². The average molecular weight is 375 g/mol. The Hall–Kier alpha value is -2.64. The van der Waals surface area contributed by atoms with Gasteiger partial charge in [-0.3, -0.25) is 4.79 Å². The number of nitrogens with zero attached hydrogens (tertiary/aromatic N) is 2. The molecule has 3 aliphatic rings. The highest BCUT2D eigenvalue weighted by atomic mass is 16.7. The van der Waals surface area contributed by atoms with Crippen LogP contribution in [0.1, 0.15) is 25.7 Å². The number of methoxy groups -OCH3 is 1. The number of hydrogen-bond donors (Lipinski definition) is 1. The first-order chi connectivity index (χ1) is 13.2. The van der Waals surface area contributed by atoms with Crippen LogP contribution in [0.15, 0.2) is 12.1 Å². The number of carbonyl (C=O) groups is 2. The van der Waals surface area contributed by atoms with Crippen molar-refractivity contribution < 1.29 is 23.8 Å². The molecule has 27 heavy (non-hydrogen) atoms. The van der Waals surface area contributed by atoms with Gasteiger partial charge in [-0.25, -0.2) is 4.79 Å². The topological polar surface area (TPSA) is 80.3 Å². The Morgan fingerprint density at radius 1 is 1.07 bits per heavy atom. The van der Waals surface area contributed by atoms with Crippen LogP contribution >= 0.6 is 0 Å². The Bertz CT molecular complexity index is 732. The molecule has 1 atom stereocenters. The third-order valence-electron chi connectivity index (χ3n) is 5.41. The standard InChI is InChI=1S/C19H25N3O5/c1-25-15-10-17-16(26-12-27-17)9-14(15)20-19(24)22-8-4-5-13(11-22)18(23)21-6-2-3-7-21/h9-10,13H,2-8,11-12H2,1H3,(H,20,24)/t13-/m0/s1. The summed E-state index contributed by atoms with van der Waals surface area (Å²) in [6, 6.07) is 3.18. The largest absolute Gasteiger partial charge is 0.494 e. The molecule has 2 fully saturated rings. The summed E-state index contributed by atoms with van der Waals surface area (Å²) in [5.41, 5.74) is 0.528. The minimum Gasteiger partial charge on any atom is -0.494 e. The van der Waals surface area contributed by atoms with Gasteiger partial charge in [-0.1, -0.05) is 0 Å². The fourth-order valence-electron chi connectivity index (χ4n) is 3.94. The number of likely N-dealkylation sites (tertiary alicyclic amines) is 2. The van der Waals surface area contributed by atoms with Gasteiger partial charge in [0.15, 0.2) is 11.5 Å². The summed E-state index contributed by atoms with van der Waals surface area (Å²) in [5.74, 6) is 1.76. The lowest BCUT2D eigenvalue weighted by Gasteiger charge is -2.34. The van der Waals surface area contributed by atoms with E-state index in [9.17, 15) is 9.59 Å². The van der Waals surface area contributed by atoms with E-state index in [1.165, 1.54) is 0 Å². The van der Waals surface area contributed by atoms with Gasteiger partial charge in [0.05, 0.1) is 18.7 Å². The van der Waals surface area contributed by atoms with Crippen molar-refractivity contribution in [2.75, 3.05) is 45.4 Å². The van der Waals surface area contributed by atoms with Gasteiger partial charge >= 0.3 is 6.03 Å². The van der Waals surface area contributed by atoms with Crippen molar-refractivity contribution in [3.8, 4) is 17.2 Å². The molecule has 0 spiro atoms. The number of rotatable bonds is 3. The lowest BCUT2D eigenvalue weighted by atomic mass is 9.97. The highest BCUT2D eigenvalue weighted by molar-refractivity contribution is 5.92. The van der Waals surface area contributed by atoms with E-state index in [1.54, 1.807) is 24.1 Å². The number of benzene rings is 1. The van der Waals surface area contributed by atoms with Crippen LogP contribution in [0.5, 0.6) is 17.2 Å². The number of ether oxygens (including phenoxy) is 3. The molecule has 4 rings (SSSR count).